The van der Waals surface area contributed by atoms with Gasteiger partial charge in [-0.2, -0.15) is 0 Å². The molecule has 0 aliphatic rings. The summed E-state index contributed by atoms with van der Waals surface area (Å²) in [4.78, 5) is 14.7. The van der Waals surface area contributed by atoms with Gasteiger partial charge in [0.2, 0.25) is 0 Å². The standard InChI is InChI=1S/C28H32Cl2F2N4O/c1-36(2)14-4-12-33-13-11-21(18-34-28(37)35-24-16-22(29)15-23(30)17-24)19-7-9-20(10-8-19)27-25(31)5-3-6-26(27)32/h3,5-10,15-17,21,33H,4,11-14,18H2,1-2H3,(H2,34,35,37). The van der Waals surface area contributed by atoms with Crippen molar-refractivity contribution in [2.75, 3.05) is 45.6 Å². The van der Waals surface area contributed by atoms with E-state index in [1.54, 1.807) is 30.3 Å². The molecule has 198 valence electrons. The van der Waals surface area contributed by atoms with E-state index in [2.05, 4.69) is 20.9 Å². The van der Waals surface area contributed by atoms with Crippen molar-refractivity contribution in [2.24, 2.45) is 0 Å². The lowest BCUT2D eigenvalue weighted by atomic mass is 9.93. The third-order valence-electron chi connectivity index (χ3n) is 5.89. The zero-order valence-corrected chi connectivity index (χ0v) is 22.5. The Morgan fingerprint density at radius 1 is 0.946 bits per heavy atom. The lowest BCUT2D eigenvalue weighted by Crippen LogP contribution is -2.33. The first-order valence-electron chi connectivity index (χ1n) is 12.1. The van der Waals surface area contributed by atoms with Crippen LogP contribution in [0, 0.1) is 11.6 Å². The highest BCUT2D eigenvalue weighted by molar-refractivity contribution is 6.35. The molecule has 0 saturated heterocycles. The van der Waals surface area contributed by atoms with E-state index >= 15 is 0 Å². The van der Waals surface area contributed by atoms with Gasteiger partial charge in [0.05, 0.1) is 5.56 Å². The number of halogens is 4. The quantitative estimate of drug-likeness (QED) is 0.219. The van der Waals surface area contributed by atoms with E-state index in [0.29, 0.717) is 27.8 Å². The zero-order valence-electron chi connectivity index (χ0n) is 21.0. The van der Waals surface area contributed by atoms with Crippen molar-refractivity contribution in [2.45, 2.75) is 18.8 Å². The SMILES string of the molecule is CN(C)CCCNCCC(CNC(=O)Nc1cc(Cl)cc(Cl)c1)c1ccc(-c2c(F)cccc2F)cc1. The van der Waals surface area contributed by atoms with Crippen LogP contribution in [0.3, 0.4) is 0 Å². The zero-order chi connectivity index (χ0) is 26.8. The largest absolute Gasteiger partial charge is 0.337 e. The minimum atomic E-state index is -0.606. The number of benzene rings is 3. The Kier molecular flexibility index (Phi) is 11.1. The summed E-state index contributed by atoms with van der Waals surface area (Å²) in [5, 5.41) is 9.95. The summed E-state index contributed by atoms with van der Waals surface area (Å²) in [6.45, 7) is 3.02. The average molecular weight is 549 g/mol. The lowest BCUT2D eigenvalue weighted by molar-refractivity contribution is 0.251. The third-order valence-corrected chi connectivity index (χ3v) is 6.33. The number of amides is 2. The molecular formula is C28H32Cl2F2N4O. The highest BCUT2D eigenvalue weighted by Crippen LogP contribution is 2.28. The van der Waals surface area contributed by atoms with Crippen molar-refractivity contribution in [3.05, 3.63) is 87.9 Å². The summed E-state index contributed by atoms with van der Waals surface area (Å²) >= 11 is 12.0. The average Bonchev–Trinajstić information content (AvgIpc) is 2.82. The molecule has 1 atom stereocenters. The Hall–Kier alpha value is -2.71. The number of nitrogens with one attached hydrogen (secondary N) is 3. The van der Waals surface area contributed by atoms with Crippen LogP contribution in [0.4, 0.5) is 19.3 Å². The molecule has 0 aromatic heterocycles. The summed E-state index contributed by atoms with van der Waals surface area (Å²) in [6.07, 6.45) is 1.79. The van der Waals surface area contributed by atoms with E-state index in [-0.39, 0.29) is 17.5 Å². The van der Waals surface area contributed by atoms with Crippen molar-refractivity contribution in [3.63, 3.8) is 0 Å². The van der Waals surface area contributed by atoms with Crippen molar-refractivity contribution < 1.29 is 13.6 Å². The Bertz CT molecular complexity index is 1130. The van der Waals surface area contributed by atoms with E-state index in [0.717, 1.165) is 38.0 Å². The van der Waals surface area contributed by atoms with Gasteiger partial charge in [0.25, 0.3) is 0 Å². The molecule has 3 aromatic rings. The monoisotopic (exact) mass is 548 g/mol. The highest BCUT2D eigenvalue weighted by atomic mass is 35.5. The Balaban J connectivity index is 1.67. The maximum Gasteiger partial charge on any atom is 0.319 e. The van der Waals surface area contributed by atoms with Crippen LogP contribution in [0.25, 0.3) is 11.1 Å². The fraction of sp³-hybridized carbons (Fsp3) is 0.321. The number of carbonyl (C=O) groups is 1. The summed E-state index contributed by atoms with van der Waals surface area (Å²) in [7, 11) is 4.09. The van der Waals surface area contributed by atoms with Gasteiger partial charge in [-0.25, -0.2) is 13.6 Å². The first-order valence-corrected chi connectivity index (χ1v) is 12.9. The molecule has 0 aliphatic carbocycles. The molecule has 3 aromatic carbocycles. The number of nitrogens with zero attached hydrogens (tertiary/aromatic N) is 1. The van der Waals surface area contributed by atoms with E-state index in [1.807, 2.05) is 26.2 Å². The van der Waals surface area contributed by atoms with Crippen LogP contribution in [0.2, 0.25) is 10.0 Å². The highest BCUT2D eigenvalue weighted by Gasteiger charge is 2.16. The predicted molar refractivity (Wildman–Crippen MR) is 149 cm³/mol. The molecule has 9 heteroatoms. The second-order valence-corrected chi connectivity index (χ2v) is 9.98. The molecule has 3 N–H and O–H groups in total. The molecule has 0 saturated carbocycles. The number of carbonyl (C=O) groups excluding carboxylic acids is 1. The van der Waals surface area contributed by atoms with Gasteiger partial charge in [0, 0.05) is 28.2 Å². The summed E-state index contributed by atoms with van der Waals surface area (Å²) in [5.74, 6) is -1.23. The lowest BCUT2D eigenvalue weighted by Gasteiger charge is -2.20. The third kappa shape index (κ3) is 9.27. The van der Waals surface area contributed by atoms with Crippen molar-refractivity contribution in [3.8, 4) is 11.1 Å². The molecule has 37 heavy (non-hydrogen) atoms. The Morgan fingerprint density at radius 3 is 2.22 bits per heavy atom. The van der Waals surface area contributed by atoms with E-state index in [1.165, 1.54) is 18.2 Å². The summed E-state index contributed by atoms with van der Waals surface area (Å²) < 4.78 is 28.5. The van der Waals surface area contributed by atoms with Crippen molar-refractivity contribution in [1.29, 1.82) is 0 Å². The van der Waals surface area contributed by atoms with Crippen LogP contribution in [-0.4, -0.2) is 51.2 Å². The smallest absolute Gasteiger partial charge is 0.319 e. The van der Waals surface area contributed by atoms with Crippen LogP contribution in [0.1, 0.15) is 24.3 Å². The molecule has 0 fully saturated rings. The first kappa shape index (κ1) is 28.9. The fourth-order valence-corrected chi connectivity index (χ4v) is 4.55. The molecule has 0 spiro atoms. The molecule has 0 bridgehead atoms. The second kappa shape index (κ2) is 14.3. The molecule has 5 nitrogen and oxygen atoms in total. The molecular weight excluding hydrogens is 517 g/mol. The first-order chi connectivity index (χ1) is 17.7. The van der Waals surface area contributed by atoms with Crippen molar-refractivity contribution in [1.82, 2.24) is 15.5 Å². The Morgan fingerprint density at radius 2 is 1.59 bits per heavy atom. The normalized spacial score (nSPS) is 12.0. The maximum absolute atomic E-state index is 14.2. The van der Waals surface area contributed by atoms with Crippen LogP contribution >= 0.6 is 23.2 Å². The second-order valence-electron chi connectivity index (χ2n) is 9.10. The Labute approximate surface area is 227 Å². The van der Waals surface area contributed by atoms with Crippen molar-refractivity contribution >= 4 is 34.9 Å². The number of anilines is 1. The molecule has 1 unspecified atom stereocenters. The summed E-state index contributed by atoms with van der Waals surface area (Å²) in [6, 6.07) is 15.4. The molecule has 3 rings (SSSR count). The van der Waals surface area contributed by atoms with E-state index in [9.17, 15) is 13.6 Å². The van der Waals surface area contributed by atoms with Crippen LogP contribution in [0.5, 0.6) is 0 Å². The van der Waals surface area contributed by atoms with Gasteiger partial charge in [0.15, 0.2) is 0 Å². The minimum Gasteiger partial charge on any atom is -0.337 e. The maximum atomic E-state index is 14.2. The predicted octanol–water partition coefficient (Wildman–Crippen LogP) is 6.78. The van der Waals surface area contributed by atoms with Gasteiger partial charge < -0.3 is 20.9 Å². The molecule has 0 aliphatic heterocycles. The van der Waals surface area contributed by atoms with Crippen LogP contribution < -0.4 is 16.0 Å². The van der Waals surface area contributed by atoms with E-state index < -0.39 is 11.6 Å². The topological polar surface area (TPSA) is 56.4 Å². The van der Waals surface area contributed by atoms with Crippen LogP contribution in [0.15, 0.2) is 60.7 Å². The molecule has 0 radical (unpaired) electrons. The van der Waals surface area contributed by atoms with Gasteiger partial charge >= 0.3 is 6.03 Å². The fourth-order valence-electron chi connectivity index (χ4n) is 4.02. The number of urea groups is 1. The molecule has 2 amide bonds. The molecule has 0 heterocycles. The van der Waals surface area contributed by atoms with Crippen LogP contribution in [-0.2, 0) is 0 Å². The minimum absolute atomic E-state index is 0.0189. The van der Waals surface area contributed by atoms with E-state index in [4.69, 9.17) is 23.2 Å². The van der Waals surface area contributed by atoms with Gasteiger partial charge in [-0.15, -0.1) is 0 Å². The summed E-state index contributed by atoms with van der Waals surface area (Å²) in [5.41, 5.74) is 1.86. The van der Waals surface area contributed by atoms with Gasteiger partial charge in [-0.3, -0.25) is 0 Å². The number of hydrogen-bond acceptors (Lipinski definition) is 3. The number of rotatable bonds is 12. The van der Waals surface area contributed by atoms with Gasteiger partial charge in [-0.1, -0.05) is 53.5 Å². The number of hydrogen-bond donors (Lipinski definition) is 3. The van der Waals surface area contributed by atoms with Gasteiger partial charge in [0.1, 0.15) is 11.6 Å². The van der Waals surface area contributed by atoms with Gasteiger partial charge in [-0.05, 0) is 88.0 Å².